The van der Waals surface area contributed by atoms with Crippen LogP contribution in [0.25, 0.3) is 0 Å². The maximum absolute atomic E-state index is 6.14. The van der Waals surface area contributed by atoms with Crippen LogP contribution in [0.15, 0.2) is 12.1 Å². The molecule has 0 aliphatic carbocycles. The van der Waals surface area contributed by atoms with Gasteiger partial charge in [-0.3, -0.25) is 0 Å². The number of rotatable bonds is 7. The van der Waals surface area contributed by atoms with Gasteiger partial charge in [-0.15, -0.1) is 0 Å². The summed E-state index contributed by atoms with van der Waals surface area (Å²) in [6.07, 6.45) is 3.37. The van der Waals surface area contributed by atoms with E-state index in [2.05, 4.69) is 49.8 Å². The fourth-order valence-corrected chi connectivity index (χ4v) is 2.76. The van der Waals surface area contributed by atoms with Crippen molar-refractivity contribution in [3.05, 3.63) is 40.2 Å². The van der Waals surface area contributed by atoms with Gasteiger partial charge in [-0.1, -0.05) is 37.5 Å². The molecule has 0 amide bonds. The molecule has 0 saturated carbocycles. The van der Waals surface area contributed by atoms with E-state index in [0.29, 0.717) is 24.2 Å². The molecule has 0 bridgehead atoms. The summed E-state index contributed by atoms with van der Waals surface area (Å²) < 4.78 is 12.0. The van der Waals surface area contributed by atoms with Crippen LogP contribution in [0.5, 0.6) is 17.5 Å². The molecular formula is C20H28N2O2. The van der Waals surface area contributed by atoms with Gasteiger partial charge in [0.2, 0.25) is 11.8 Å². The first-order chi connectivity index (χ1) is 11.4. The zero-order valence-corrected chi connectivity index (χ0v) is 15.7. The lowest BCUT2D eigenvalue weighted by atomic mass is 10.1. The molecule has 1 heterocycles. The molecule has 1 aromatic heterocycles. The number of unbranched alkanes of at least 4 members (excludes halogenated alkanes) is 2. The Morgan fingerprint density at radius 1 is 0.875 bits per heavy atom. The summed E-state index contributed by atoms with van der Waals surface area (Å²) in [5, 5.41) is 0. The number of hydrogen-bond donors (Lipinski definition) is 0. The Morgan fingerprint density at radius 3 is 2.12 bits per heavy atom. The quantitative estimate of drug-likeness (QED) is 0.640. The van der Waals surface area contributed by atoms with Gasteiger partial charge in [0.1, 0.15) is 11.6 Å². The third-order valence-corrected chi connectivity index (χ3v) is 3.96. The smallest absolute Gasteiger partial charge is 0.229 e. The second-order valence-electron chi connectivity index (χ2n) is 6.39. The summed E-state index contributed by atoms with van der Waals surface area (Å²) >= 11 is 0. The molecule has 2 aromatic rings. The van der Waals surface area contributed by atoms with E-state index in [9.17, 15) is 0 Å². The highest BCUT2D eigenvalue weighted by atomic mass is 16.5. The van der Waals surface area contributed by atoms with Crippen LogP contribution < -0.4 is 9.47 Å². The van der Waals surface area contributed by atoms with E-state index >= 15 is 0 Å². The summed E-state index contributed by atoms with van der Waals surface area (Å²) in [5.74, 6) is 2.71. The van der Waals surface area contributed by atoms with Crippen LogP contribution in [0.2, 0.25) is 0 Å². The van der Waals surface area contributed by atoms with Gasteiger partial charge in [0.05, 0.1) is 12.2 Å². The van der Waals surface area contributed by atoms with Gasteiger partial charge < -0.3 is 9.47 Å². The molecule has 0 spiro atoms. The van der Waals surface area contributed by atoms with Gasteiger partial charge in [-0.05, 0) is 52.2 Å². The van der Waals surface area contributed by atoms with E-state index < -0.39 is 0 Å². The fraction of sp³-hybridized carbons (Fsp3) is 0.500. The molecule has 0 radical (unpaired) electrons. The summed E-state index contributed by atoms with van der Waals surface area (Å²) in [5.41, 5.74) is 4.28. The molecule has 0 N–H and O–H groups in total. The van der Waals surface area contributed by atoms with E-state index in [1.54, 1.807) is 0 Å². The highest BCUT2D eigenvalue weighted by Crippen LogP contribution is 2.33. The molecule has 130 valence electrons. The normalized spacial score (nSPS) is 10.8. The van der Waals surface area contributed by atoms with Crippen LogP contribution >= 0.6 is 0 Å². The first-order valence-corrected chi connectivity index (χ1v) is 8.66. The molecule has 0 atom stereocenters. The van der Waals surface area contributed by atoms with Gasteiger partial charge in [0.25, 0.3) is 0 Å². The van der Waals surface area contributed by atoms with Gasteiger partial charge in [-0.2, -0.15) is 9.97 Å². The van der Waals surface area contributed by atoms with E-state index in [0.717, 1.165) is 35.3 Å². The summed E-state index contributed by atoms with van der Waals surface area (Å²) in [6, 6.07) is 4.24. The summed E-state index contributed by atoms with van der Waals surface area (Å²) in [6.45, 7) is 12.9. The number of benzene rings is 1. The SMILES string of the molecule is CCCCCOc1nc(C)nc(Oc2c(C)cc(C)cc2C)c1C. The predicted molar refractivity (Wildman–Crippen MR) is 97.3 cm³/mol. The predicted octanol–water partition coefficient (Wildman–Crippen LogP) is 5.38. The standard InChI is InChI=1S/C20H28N2O2/c1-7-8-9-10-23-19-16(5)20(22-17(6)21-19)24-18-14(3)11-13(2)12-15(18)4/h11-12H,7-10H2,1-6H3. The molecule has 0 aliphatic heterocycles. The minimum Gasteiger partial charge on any atom is -0.477 e. The molecule has 24 heavy (non-hydrogen) atoms. The first kappa shape index (κ1) is 18.2. The average molecular weight is 328 g/mol. The summed E-state index contributed by atoms with van der Waals surface area (Å²) in [4.78, 5) is 8.88. The Hall–Kier alpha value is -2.10. The topological polar surface area (TPSA) is 44.2 Å². The third kappa shape index (κ3) is 4.47. The molecule has 4 nitrogen and oxygen atoms in total. The van der Waals surface area contributed by atoms with E-state index in [4.69, 9.17) is 9.47 Å². The van der Waals surface area contributed by atoms with Gasteiger partial charge in [0.15, 0.2) is 0 Å². The number of aromatic nitrogens is 2. The van der Waals surface area contributed by atoms with Crippen molar-refractivity contribution in [2.45, 2.75) is 60.8 Å². The fourth-order valence-electron chi connectivity index (χ4n) is 2.76. The number of ether oxygens (including phenoxy) is 2. The second kappa shape index (κ2) is 8.13. The van der Waals surface area contributed by atoms with Crippen molar-refractivity contribution >= 4 is 0 Å². The molecule has 2 rings (SSSR count). The van der Waals surface area contributed by atoms with Gasteiger partial charge in [-0.25, -0.2) is 0 Å². The Kier molecular flexibility index (Phi) is 6.18. The van der Waals surface area contributed by atoms with Crippen LogP contribution in [-0.4, -0.2) is 16.6 Å². The zero-order valence-electron chi connectivity index (χ0n) is 15.7. The van der Waals surface area contributed by atoms with Crippen molar-refractivity contribution in [1.82, 2.24) is 9.97 Å². The molecule has 0 unspecified atom stereocenters. The lowest BCUT2D eigenvalue weighted by molar-refractivity contribution is 0.288. The largest absolute Gasteiger partial charge is 0.477 e. The Bertz CT molecular complexity index is 688. The van der Waals surface area contributed by atoms with Crippen molar-refractivity contribution in [2.75, 3.05) is 6.61 Å². The van der Waals surface area contributed by atoms with Crippen molar-refractivity contribution in [3.63, 3.8) is 0 Å². The molecule has 1 aromatic carbocycles. The van der Waals surface area contributed by atoms with Crippen molar-refractivity contribution < 1.29 is 9.47 Å². The first-order valence-electron chi connectivity index (χ1n) is 8.66. The lowest BCUT2D eigenvalue weighted by Crippen LogP contribution is -2.05. The van der Waals surface area contributed by atoms with Crippen LogP contribution in [0.3, 0.4) is 0 Å². The Labute approximate surface area is 145 Å². The number of hydrogen-bond acceptors (Lipinski definition) is 4. The van der Waals surface area contributed by atoms with Crippen LogP contribution in [0, 0.1) is 34.6 Å². The second-order valence-corrected chi connectivity index (χ2v) is 6.39. The van der Waals surface area contributed by atoms with Crippen molar-refractivity contribution in [2.24, 2.45) is 0 Å². The Morgan fingerprint density at radius 2 is 1.50 bits per heavy atom. The monoisotopic (exact) mass is 328 g/mol. The van der Waals surface area contributed by atoms with E-state index in [1.807, 2.05) is 13.8 Å². The minimum atomic E-state index is 0.572. The van der Waals surface area contributed by atoms with Crippen LogP contribution in [0.1, 0.15) is 54.3 Å². The van der Waals surface area contributed by atoms with E-state index in [-0.39, 0.29) is 0 Å². The highest BCUT2D eigenvalue weighted by Gasteiger charge is 2.15. The molecule has 0 aliphatic rings. The minimum absolute atomic E-state index is 0.572. The average Bonchev–Trinajstić information content (AvgIpc) is 2.51. The lowest BCUT2D eigenvalue weighted by Gasteiger charge is -2.16. The Balaban J connectivity index is 2.26. The third-order valence-electron chi connectivity index (χ3n) is 3.96. The van der Waals surface area contributed by atoms with Gasteiger partial charge in [0, 0.05) is 0 Å². The van der Waals surface area contributed by atoms with E-state index in [1.165, 1.54) is 12.0 Å². The highest BCUT2D eigenvalue weighted by molar-refractivity contribution is 5.46. The molecule has 0 fully saturated rings. The summed E-state index contributed by atoms with van der Waals surface area (Å²) in [7, 11) is 0. The molecule has 4 heteroatoms. The van der Waals surface area contributed by atoms with Gasteiger partial charge >= 0.3 is 0 Å². The van der Waals surface area contributed by atoms with Crippen LogP contribution in [0.4, 0.5) is 0 Å². The maximum Gasteiger partial charge on any atom is 0.229 e. The van der Waals surface area contributed by atoms with Crippen molar-refractivity contribution in [3.8, 4) is 17.5 Å². The van der Waals surface area contributed by atoms with Crippen molar-refractivity contribution in [1.29, 1.82) is 0 Å². The maximum atomic E-state index is 6.14. The number of aryl methyl sites for hydroxylation is 4. The zero-order chi connectivity index (χ0) is 17.7. The molecular weight excluding hydrogens is 300 g/mol. The molecule has 0 saturated heterocycles. The van der Waals surface area contributed by atoms with Crippen LogP contribution in [-0.2, 0) is 0 Å². The number of nitrogens with zero attached hydrogens (tertiary/aromatic N) is 2.